The third-order valence-electron chi connectivity index (χ3n) is 3.06. The number of nitro groups is 1. The minimum atomic E-state index is -0.695. The minimum absolute atomic E-state index is 0.0417. The first-order valence-electron chi connectivity index (χ1n) is 5.72. The van der Waals surface area contributed by atoms with E-state index in [0.29, 0.717) is 11.1 Å². The first-order chi connectivity index (χ1) is 9.58. The Morgan fingerprint density at radius 3 is 2.20 bits per heavy atom. The van der Waals surface area contributed by atoms with Gasteiger partial charge in [-0.15, -0.1) is 0 Å². The van der Waals surface area contributed by atoms with Crippen molar-refractivity contribution in [3.05, 3.63) is 63.7 Å². The molecule has 0 unspecified atom stereocenters. The van der Waals surface area contributed by atoms with Gasteiger partial charge < -0.3 is 4.74 Å². The van der Waals surface area contributed by atoms with Gasteiger partial charge in [0.15, 0.2) is 0 Å². The van der Waals surface area contributed by atoms with E-state index in [4.69, 9.17) is 0 Å². The van der Waals surface area contributed by atoms with Gasteiger partial charge in [-0.3, -0.25) is 10.1 Å². The molecular weight excluding hydrogens is 262 g/mol. The molecule has 6 nitrogen and oxygen atoms in total. The third kappa shape index (κ3) is 1.74. The zero-order chi connectivity index (χ0) is 14.3. The molecule has 0 bridgehead atoms. The highest BCUT2D eigenvalue weighted by atomic mass is 16.6. The molecule has 1 heterocycles. The van der Waals surface area contributed by atoms with Crippen molar-refractivity contribution in [1.82, 2.24) is 0 Å². The van der Waals surface area contributed by atoms with E-state index in [1.54, 1.807) is 12.1 Å². The minimum Gasteiger partial charge on any atom is -0.386 e. The Balaban J connectivity index is 2.14. The number of cyclic esters (lactones) is 2. The van der Waals surface area contributed by atoms with Crippen LogP contribution in [0.15, 0.2) is 42.5 Å². The summed E-state index contributed by atoms with van der Waals surface area (Å²) in [7, 11) is 0. The number of fused-ring (bicyclic) bond motifs is 1. The van der Waals surface area contributed by atoms with Gasteiger partial charge in [0, 0.05) is 12.1 Å². The third-order valence-corrected chi connectivity index (χ3v) is 3.06. The standard InChI is InChI=1S/C14H7NO5/c16-13-11-3-1-2-10(12(11)14(17)20-13)8-4-6-9(7-5-8)15(18)19/h1-7H. The van der Waals surface area contributed by atoms with Crippen molar-refractivity contribution in [2.45, 2.75) is 0 Å². The zero-order valence-corrected chi connectivity index (χ0v) is 10.0. The maximum absolute atomic E-state index is 11.7. The SMILES string of the molecule is O=C1OC(=O)c2c1cccc2-c1ccc([N+](=O)[O-])cc1. The summed E-state index contributed by atoms with van der Waals surface area (Å²) in [4.78, 5) is 33.3. The molecule has 0 aliphatic carbocycles. The van der Waals surface area contributed by atoms with Gasteiger partial charge in [-0.25, -0.2) is 9.59 Å². The molecule has 2 aromatic carbocycles. The Kier molecular flexibility index (Phi) is 2.57. The van der Waals surface area contributed by atoms with Gasteiger partial charge in [0.05, 0.1) is 16.1 Å². The molecule has 0 N–H and O–H groups in total. The highest BCUT2D eigenvalue weighted by Crippen LogP contribution is 2.32. The number of rotatable bonds is 2. The van der Waals surface area contributed by atoms with Crippen molar-refractivity contribution < 1.29 is 19.2 Å². The summed E-state index contributed by atoms with van der Waals surface area (Å²) in [5.74, 6) is -1.37. The fourth-order valence-electron chi connectivity index (χ4n) is 2.14. The lowest BCUT2D eigenvalue weighted by atomic mass is 9.96. The van der Waals surface area contributed by atoms with Crippen LogP contribution >= 0.6 is 0 Å². The van der Waals surface area contributed by atoms with Crippen LogP contribution in [0.25, 0.3) is 11.1 Å². The number of esters is 2. The molecule has 1 aliphatic heterocycles. The van der Waals surface area contributed by atoms with E-state index in [1.165, 1.54) is 30.3 Å². The van der Waals surface area contributed by atoms with Crippen molar-refractivity contribution in [3.8, 4) is 11.1 Å². The molecule has 2 aromatic rings. The highest BCUT2D eigenvalue weighted by Gasteiger charge is 2.32. The summed E-state index contributed by atoms with van der Waals surface area (Å²) >= 11 is 0. The largest absolute Gasteiger partial charge is 0.386 e. The Labute approximate surface area is 112 Å². The van der Waals surface area contributed by atoms with Crippen LogP contribution in [0.3, 0.4) is 0 Å². The number of nitro benzene ring substituents is 1. The van der Waals surface area contributed by atoms with Crippen LogP contribution in [0.5, 0.6) is 0 Å². The highest BCUT2D eigenvalue weighted by molar-refractivity contribution is 6.17. The molecule has 20 heavy (non-hydrogen) atoms. The first-order valence-corrected chi connectivity index (χ1v) is 5.72. The Hall–Kier alpha value is -3.02. The number of carbonyl (C=O) groups excluding carboxylic acids is 2. The van der Waals surface area contributed by atoms with Gasteiger partial charge in [0.1, 0.15) is 0 Å². The average molecular weight is 269 g/mol. The van der Waals surface area contributed by atoms with E-state index in [1.807, 2.05) is 0 Å². The van der Waals surface area contributed by atoms with Crippen LogP contribution < -0.4 is 0 Å². The Morgan fingerprint density at radius 1 is 0.900 bits per heavy atom. The summed E-state index contributed by atoms with van der Waals surface area (Å²) in [6, 6.07) is 10.6. The summed E-state index contributed by atoms with van der Waals surface area (Å²) in [6.45, 7) is 0. The van der Waals surface area contributed by atoms with E-state index in [2.05, 4.69) is 4.74 Å². The normalized spacial score (nSPS) is 13.0. The van der Waals surface area contributed by atoms with Crippen LogP contribution in [-0.2, 0) is 4.74 Å². The van der Waals surface area contributed by atoms with Crippen molar-refractivity contribution in [1.29, 1.82) is 0 Å². The maximum atomic E-state index is 11.7. The second-order valence-electron chi connectivity index (χ2n) is 4.21. The Bertz CT molecular complexity index is 749. The van der Waals surface area contributed by atoms with Crippen molar-refractivity contribution in [2.75, 3.05) is 0 Å². The van der Waals surface area contributed by atoms with Gasteiger partial charge in [0.2, 0.25) is 0 Å². The van der Waals surface area contributed by atoms with Crippen LogP contribution in [0.4, 0.5) is 5.69 Å². The van der Waals surface area contributed by atoms with Gasteiger partial charge in [0.25, 0.3) is 5.69 Å². The molecule has 0 fully saturated rings. The lowest BCUT2D eigenvalue weighted by molar-refractivity contribution is -0.384. The Morgan fingerprint density at radius 2 is 1.55 bits per heavy atom. The number of hydrogen-bond donors (Lipinski definition) is 0. The molecule has 0 saturated heterocycles. The molecule has 0 amide bonds. The number of ether oxygens (including phenoxy) is 1. The van der Waals surface area contributed by atoms with Crippen molar-refractivity contribution in [3.63, 3.8) is 0 Å². The van der Waals surface area contributed by atoms with E-state index >= 15 is 0 Å². The summed E-state index contributed by atoms with van der Waals surface area (Å²) in [5, 5.41) is 10.6. The fraction of sp³-hybridized carbons (Fsp3) is 0. The van der Waals surface area contributed by atoms with Gasteiger partial charge in [-0.05, 0) is 29.3 Å². The van der Waals surface area contributed by atoms with Crippen LogP contribution in [0.1, 0.15) is 20.7 Å². The number of hydrogen-bond acceptors (Lipinski definition) is 5. The molecule has 1 aliphatic rings. The number of carbonyl (C=O) groups is 2. The molecule has 6 heteroatoms. The first kappa shape index (κ1) is 12.0. The van der Waals surface area contributed by atoms with E-state index in [0.717, 1.165) is 0 Å². The second kappa shape index (κ2) is 4.27. The topological polar surface area (TPSA) is 86.5 Å². The van der Waals surface area contributed by atoms with Crippen LogP contribution in [0, 0.1) is 10.1 Å². The van der Waals surface area contributed by atoms with E-state index in [9.17, 15) is 19.7 Å². The van der Waals surface area contributed by atoms with E-state index in [-0.39, 0.29) is 16.8 Å². The molecule has 3 rings (SSSR count). The number of non-ortho nitro benzene ring substituents is 1. The average Bonchev–Trinajstić information content (AvgIpc) is 2.74. The molecule has 98 valence electrons. The fourth-order valence-corrected chi connectivity index (χ4v) is 2.14. The predicted molar refractivity (Wildman–Crippen MR) is 68.3 cm³/mol. The summed E-state index contributed by atoms with van der Waals surface area (Å²) < 4.78 is 4.57. The maximum Gasteiger partial charge on any atom is 0.347 e. The van der Waals surface area contributed by atoms with Gasteiger partial charge in [-0.1, -0.05) is 12.1 Å². The van der Waals surface area contributed by atoms with Crippen LogP contribution in [0.2, 0.25) is 0 Å². The smallest absolute Gasteiger partial charge is 0.347 e. The monoisotopic (exact) mass is 269 g/mol. The molecule has 0 aromatic heterocycles. The van der Waals surface area contributed by atoms with Crippen molar-refractivity contribution in [2.24, 2.45) is 0 Å². The quantitative estimate of drug-likeness (QED) is 0.362. The number of benzene rings is 2. The second-order valence-corrected chi connectivity index (χ2v) is 4.21. The lowest BCUT2D eigenvalue weighted by Gasteiger charge is -2.04. The molecule has 0 radical (unpaired) electrons. The predicted octanol–water partition coefficient (Wildman–Crippen LogP) is 2.57. The number of nitrogens with zero attached hydrogens (tertiary/aromatic N) is 1. The molecule has 0 saturated carbocycles. The van der Waals surface area contributed by atoms with Gasteiger partial charge >= 0.3 is 11.9 Å². The zero-order valence-electron chi connectivity index (χ0n) is 10.0. The lowest BCUT2D eigenvalue weighted by Crippen LogP contribution is -1.98. The molecule has 0 atom stereocenters. The summed E-state index contributed by atoms with van der Waals surface area (Å²) in [6.07, 6.45) is 0. The summed E-state index contributed by atoms with van der Waals surface area (Å²) in [5.41, 5.74) is 1.50. The van der Waals surface area contributed by atoms with Gasteiger partial charge in [-0.2, -0.15) is 0 Å². The van der Waals surface area contributed by atoms with Crippen molar-refractivity contribution >= 4 is 17.6 Å². The molecular formula is C14H7NO5. The van der Waals surface area contributed by atoms with Crippen LogP contribution in [-0.4, -0.2) is 16.9 Å². The van der Waals surface area contributed by atoms with E-state index < -0.39 is 16.9 Å². The molecule has 0 spiro atoms.